The zero-order valence-corrected chi connectivity index (χ0v) is 13.1. The molecule has 1 aromatic heterocycles. The van der Waals surface area contributed by atoms with Crippen LogP contribution in [0.4, 0.5) is 0 Å². The predicted octanol–water partition coefficient (Wildman–Crippen LogP) is 4.08. The second kappa shape index (κ2) is 6.06. The minimum absolute atomic E-state index is 0.420. The highest BCUT2D eigenvalue weighted by Gasteiger charge is 2.11. The monoisotopic (exact) mass is 286 g/mol. The number of benzene rings is 1. The van der Waals surface area contributed by atoms with Crippen molar-refractivity contribution in [3.05, 3.63) is 44.4 Å². The van der Waals surface area contributed by atoms with Crippen LogP contribution in [0.25, 0.3) is 0 Å². The molecular weight excluding hydrogens is 268 g/mol. The zero-order chi connectivity index (χ0) is 14.7. The van der Waals surface area contributed by atoms with Crippen molar-refractivity contribution in [3.8, 4) is 11.8 Å². The third kappa shape index (κ3) is 3.00. The summed E-state index contributed by atoms with van der Waals surface area (Å²) in [6.45, 7) is 8.63. The Kier molecular flexibility index (Phi) is 4.41. The number of hydrogen-bond acceptors (Lipinski definition) is 4. The van der Waals surface area contributed by atoms with Gasteiger partial charge in [0.15, 0.2) is 0 Å². The molecule has 0 radical (unpaired) electrons. The molecule has 4 heteroatoms. The van der Waals surface area contributed by atoms with Crippen LogP contribution in [0.5, 0.6) is 5.75 Å². The van der Waals surface area contributed by atoms with Gasteiger partial charge in [-0.05, 0) is 49.9 Å². The summed E-state index contributed by atoms with van der Waals surface area (Å²) in [5, 5.41) is 9.90. The maximum Gasteiger partial charge on any atom is 0.140 e. The Morgan fingerprint density at radius 3 is 2.65 bits per heavy atom. The first-order chi connectivity index (χ1) is 9.55. The molecule has 2 rings (SSSR count). The topological polar surface area (TPSA) is 45.9 Å². The molecule has 0 unspecified atom stereocenters. The first-order valence-electron chi connectivity index (χ1n) is 6.64. The summed E-state index contributed by atoms with van der Waals surface area (Å²) in [6, 6.07) is 6.39. The minimum Gasteiger partial charge on any atom is -0.486 e. The number of aromatic nitrogens is 1. The number of hydrogen-bond donors (Lipinski definition) is 0. The summed E-state index contributed by atoms with van der Waals surface area (Å²) < 4.78 is 5.88. The van der Waals surface area contributed by atoms with Crippen molar-refractivity contribution < 1.29 is 4.74 Å². The van der Waals surface area contributed by atoms with Gasteiger partial charge in [-0.3, -0.25) is 0 Å². The van der Waals surface area contributed by atoms with E-state index in [9.17, 15) is 0 Å². The standard InChI is InChI=1S/C16H18N2OS/c1-5-13-15(8-17)20-16(18-13)9-19-14-7-10(2)6-11(3)12(14)4/h6-7H,5,9H2,1-4H3. The molecule has 104 valence electrons. The molecule has 0 saturated heterocycles. The molecule has 1 aromatic carbocycles. The second-order valence-electron chi connectivity index (χ2n) is 4.84. The van der Waals surface area contributed by atoms with Crippen LogP contribution in [0.3, 0.4) is 0 Å². The number of nitriles is 1. The van der Waals surface area contributed by atoms with Gasteiger partial charge in [-0.1, -0.05) is 13.0 Å². The highest BCUT2D eigenvalue weighted by molar-refractivity contribution is 7.12. The lowest BCUT2D eigenvalue weighted by Gasteiger charge is -2.11. The summed E-state index contributed by atoms with van der Waals surface area (Å²) in [7, 11) is 0. The lowest BCUT2D eigenvalue weighted by atomic mass is 10.1. The molecule has 2 aromatic rings. The smallest absolute Gasteiger partial charge is 0.140 e. The molecule has 0 aliphatic carbocycles. The van der Waals surface area contributed by atoms with Crippen molar-refractivity contribution >= 4 is 11.3 Å². The second-order valence-corrected chi connectivity index (χ2v) is 5.93. The molecular formula is C16H18N2OS. The molecule has 0 saturated carbocycles. The van der Waals surface area contributed by atoms with E-state index in [2.05, 4.69) is 37.9 Å². The molecule has 0 N–H and O–H groups in total. The molecule has 1 heterocycles. The molecule has 0 spiro atoms. The van der Waals surface area contributed by atoms with Gasteiger partial charge in [0.2, 0.25) is 0 Å². The van der Waals surface area contributed by atoms with Crippen LogP contribution in [0.15, 0.2) is 12.1 Å². The third-order valence-corrected chi connectivity index (χ3v) is 4.27. The lowest BCUT2D eigenvalue weighted by molar-refractivity contribution is 0.303. The molecule has 0 amide bonds. The Balaban J connectivity index is 2.17. The molecule has 20 heavy (non-hydrogen) atoms. The molecule has 0 aliphatic rings. The fourth-order valence-corrected chi connectivity index (χ4v) is 2.94. The van der Waals surface area contributed by atoms with E-state index in [0.29, 0.717) is 11.5 Å². The van der Waals surface area contributed by atoms with Crippen LogP contribution in [-0.2, 0) is 13.0 Å². The van der Waals surface area contributed by atoms with Crippen molar-refractivity contribution in [2.45, 2.75) is 40.7 Å². The SMILES string of the molecule is CCc1nc(COc2cc(C)cc(C)c2C)sc1C#N. The number of nitrogens with zero attached hydrogens (tertiary/aromatic N) is 2. The summed E-state index contributed by atoms with van der Waals surface area (Å²) in [5.41, 5.74) is 4.44. The Morgan fingerprint density at radius 2 is 2.05 bits per heavy atom. The minimum atomic E-state index is 0.420. The van der Waals surface area contributed by atoms with Crippen molar-refractivity contribution in [2.24, 2.45) is 0 Å². The van der Waals surface area contributed by atoms with Gasteiger partial charge in [0.1, 0.15) is 28.3 Å². The van der Waals surface area contributed by atoms with Gasteiger partial charge in [-0.25, -0.2) is 4.98 Å². The normalized spacial score (nSPS) is 10.3. The van der Waals surface area contributed by atoms with Crippen LogP contribution >= 0.6 is 11.3 Å². The van der Waals surface area contributed by atoms with Crippen LogP contribution in [0.2, 0.25) is 0 Å². The van der Waals surface area contributed by atoms with E-state index in [1.165, 1.54) is 22.5 Å². The van der Waals surface area contributed by atoms with Crippen LogP contribution in [0.1, 0.15) is 39.2 Å². The Hall–Kier alpha value is -1.86. The van der Waals surface area contributed by atoms with E-state index in [-0.39, 0.29) is 0 Å². The van der Waals surface area contributed by atoms with Gasteiger partial charge in [0, 0.05) is 0 Å². The first kappa shape index (κ1) is 14.5. The van der Waals surface area contributed by atoms with Gasteiger partial charge in [0.25, 0.3) is 0 Å². The van der Waals surface area contributed by atoms with E-state index in [4.69, 9.17) is 10.00 Å². The van der Waals surface area contributed by atoms with Gasteiger partial charge >= 0.3 is 0 Å². The van der Waals surface area contributed by atoms with E-state index >= 15 is 0 Å². The van der Waals surface area contributed by atoms with Gasteiger partial charge in [-0.2, -0.15) is 5.26 Å². The quantitative estimate of drug-likeness (QED) is 0.850. The van der Waals surface area contributed by atoms with Gasteiger partial charge in [-0.15, -0.1) is 11.3 Å². The van der Waals surface area contributed by atoms with Crippen LogP contribution in [0, 0.1) is 32.1 Å². The van der Waals surface area contributed by atoms with Crippen LogP contribution in [-0.4, -0.2) is 4.98 Å². The molecule has 0 bridgehead atoms. The predicted molar refractivity (Wildman–Crippen MR) is 81.2 cm³/mol. The lowest BCUT2D eigenvalue weighted by Crippen LogP contribution is -1.98. The Labute approximate surface area is 123 Å². The number of thiazole rings is 1. The fourth-order valence-electron chi connectivity index (χ4n) is 2.08. The number of rotatable bonds is 4. The first-order valence-corrected chi connectivity index (χ1v) is 7.46. The van der Waals surface area contributed by atoms with Crippen molar-refractivity contribution in [2.75, 3.05) is 0 Å². The van der Waals surface area contributed by atoms with E-state index in [1.807, 2.05) is 13.0 Å². The number of ether oxygens (including phenoxy) is 1. The summed E-state index contributed by atoms with van der Waals surface area (Å²) in [5.74, 6) is 0.897. The summed E-state index contributed by atoms with van der Waals surface area (Å²) >= 11 is 1.42. The largest absolute Gasteiger partial charge is 0.486 e. The third-order valence-electron chi connectivity index (χ3n) is 3.29. The van der Waals surface area contributed by atoms with E-state index in [0.717, 1.165) is 28.4 Å². The Bertz CT molecular complexity index is 668. The highest BCUT2D eigenvalue weighted by Crippen LogP contribution is 2.25. The van der Waals surface area contributed by atoms with Crippen molar-refractivity contribution in [1.29, 1.82) is 5.26 Å². The molecule has 3 nitrogen and oxygen atoms in total. The molecule has 0 aliphatic heterocycles. The molecule has 0 fully saturated rings. The zero-order valence-electron chi connectivity index (χ0n) is 12.3. The fraction of sp³-hybridized carbons (Fsp3) is 0.375. The van der Waals surface area contributed by atoms with Crippen molar-refractivity contribution in [1.82, 2.24) is 4.98 Å². The molecule has 0 atom stereocenters. The van der Waals surface area contributed by atoms with Crippen molar-refractivity contribution in [3.63, 3.8) is 0 Å². The Morgan fingerprint density at radius 1 is 1.30 bits per heavy atom. The maximum atomic E-state index is 9.04. The summed E-state index contributed by atoms with van der Waals surface area (Å²) in [6.07, 6.45) is 0.780. The average molecular weight is 286 g/mol. The number of aryl methyl sites for hydroxylation is 3. The van der Waals surface area contributed by atoms with Gasteiger partial charge < -0.3 is 4.74 Å². The van der Waals surface area contributed by atoms with E-state index in [1.54, 1.807) is 0 Å². The van der Waals surface area contributed by atoms with Gasteiger partial charge in [0.05, 0.1) is 5.69 Å². The average Bonchev–Trinajstić information content (AvgIpc) is 2.83. The summed E-state index contributed by atoms with van der Waals surface area (Å²) in [4.78, 5) is 5.16. The van der Waals surface area contributed by atoms with Crippen LogP contribution < -0.4 is 4.74 Å². The highest BCUT2D eigenvalue weighted by atomic mass is 32.1. The maximum absolute atomic E-state index is 9.04. The van der Waals surface area contributed by atoms with E-state index < -0.39 is 0 Å².